The summed E-state index contributed by atoms with van der Waals surface area (Å²) >= 11 is 0. The SMILES string of the molecule is CC1CCN(C(=O)c2ccc3[nH]c4c(c3c2)CCCC4)CC1. The first kappa shape index (κ1) is 13.9. The predicted octanol–water partition coefficient (Wildman–Crippen LogP) is 3.92. The fourth-order valence-electron chi connectivity index (χ4n) is 3.93. The van der Waals surface area contributed by atoms with Gasteiger partial charge in [-0.05, 0) is 68.2 Å². The lowest BCUT2D eigenvalue weighted by atomic mass is 9.95. The zero-order valence-corrected chi connectivity index (χ0v) is 13.3. The summed E-state index contributed by atoms with van der Waals surface area (Å²) in [4.78, 5) is 18.3. The molecular weight excluding hydrogens is 272 g/mol. The molecule has 3 nitrogen and oxygen atoms in total. The Bertz CT molecular complexity index is 708. The average molecular weight is 296 g/mol. The number of aryl methyl sites for hydroxylation is 2. The van der Waals surface area contributed by atoms with E-state index in [9.17, 15) is 4.79 Å². The minimum atomic E-state index is 0.208. The van der Waals surface area contributed by atoms with Crippen molar-refractivity contribution in [3.8, 4) is 0 Å². The third-order valence-corrected chi connectivity index (χ3v) is 5.42. The minimum absolute atomic E-state index is 0.208. The van der Waals surface area contributed by atoms with E-state index < -0.39 is 0 Å². The summed E-state index contributed by atoms with van der Waals surface area (Å²) in [6.07, 6.45) is 7.10. The third kappa shape index (κ3) is 2.33. The van der Waals surface area contributed by atoms with Crippen molar-refractivity contribution in [1.82, 2.24) is 9.88 Å². The predicted molar refractivity (Wildman–Crippen MR) is 89.2 cm³/mol. The number of aromatic amines is 1. The van der Waals surface area contributed by atoms with Crippen molar-refractivity contribution in [2.75, 3.05) is 13.1 Å². The van der Waals surface area contributed by atoms with E-state index in [1.54, 1.807) is 0 Å². The number of nitrogens with zero attached hydrogens (tertiary/aromatic N) is 1. The molecule has 1 aromatic heterocycles. The molecule has 0 saturated carbocycles. The molecule has 0 spiro atoms. The maximum absolute atomic E-state index is 12.8. The Balaban J connectivity index is 1.65. The van der Waals surface area contributed by atoms with Crippen molar-refractivity contribution < 1.29 is 4.79 Å². The first-order chi connectivity index (χ1) is 10.7. The van der Waals surface area contributed by atoms with Crippen molar-refractivity contribution >= 4 is 16.8 Å². The first-order valence-electron chi connectivity index (χ1n) is 8.65. The van der Waals surface area contributed by atoms with Crippen LogP contribution in [0.4, 0.5) is 0 Å². The summed E-state index contributed by atoms with van der Waals surface area (Å²) in [5.74, 6) is 0.961. The molecule has 3 heteroatoms. The van der Waals surface area contributed by atoms with Crippen LogP contribution in [0, 0.1) is 5.92 Å². The second-order valence-corrected chi connectivity index (χ2v) is 7.02. The number of amides is 1. The van der Waals surface area contributed by atoms with Gasteiger partial charge >= 0.3 is 0 Å². The molecule has 0 atom stereocenters. The number of rotatable bonds is 1. The van der Waals surface area contributed by atoms with Crippen molar-refractivity contribution in [3.63, 3.8) is 0 Å². The van der Waals surface area contributed by atoms with Crippen LogP contribution in [-0.2, 0) is 12.8 Å². The Morgan fingerprint density at radius 2 is 1.95 bits per heavy atom. The fraction of sp³-hybridized carbons (Fsp3) is 0.526. The van der Waals surface area contributed by atoms with Crippen molar-refractivity contribution in [2.45, 2.75) is 45.4 Å². The lowest BCUT2D eigenvalue weighted by molar-refractivity contribution is 0.0697. The van der Waals surface area contributed by atoms with E-state index in [4.69, 9.17) is 0 Å². The Labute approximate surface area is 131 Å². The van der Waals surface area contributed by atoms with Gasteiger partial charge in [-0.1, -0.05) is 6.92 Å². The van der Waals surface area contributed by atoms with Gasteiger partial charge in [0.2, 0.25) is 0 Å². The molecule has 0 bridgehead atoms. The van der Waals surface area contributed by atoms with E-state index in [2.05, 4.69) is 24.0 Å². The van der Waals surface area contributed by atoms with Crippen LogP contribution >= 0.6 is 0 Å². The summed E-state index contributed by atoms with van der Waals surface area (Å²) in [7, 11) is 0. The van der Waals surface area contributed by atoms with Gasteiger partial charge in [0, 0.05) is 35.2 Å². The second kappa shape index (κ2) is 5.45. The summed E-state index contributed by atoms with van der Waals surface area (Å²) in [5.41, 5.74) is 4.88. The second-order valence-electron chi connectivity index (χ2n) is 7.02. The Hall–Kier alpha value is -1.77. The van der Waals surface area contributed by atoms with Crippen molar-refractivity contribution in [1.29, 1.82) is 0 Å². The molecule has 1 aromatic carbocycles. The Morgan fingerprint density at radius 1 is 1.18 bits per heavy atom. The number of carbonyl (C=O) groups excluding carboxylic acids is 1. The number of aromatic nitrogens is 1. The number of carbonyl (C=O) groups is 1. The van der Waals surface area contributed by atoms with Crippen LogP contribution in [0.25, 0.3) is 10.9 Å². The average Bonchev–Trinajstić information content (AvgIpc) is 2.92. The van der Waals surface area contributed by atoms with Gasteiger partial charge in [-0.2, -0.15) is 0 Å². The van der Waals surface area contributed by atoms with Crippen LogP contribution in [0.5, 0.6) is 0 Å². The van der Waals surface area contributed by atoms with Crippen LogP contribution in [-0.4, -0.2) is 28.9 Å². The minimum Gasteiger partial charge on any atom is -0.358 e. The zero-order valence-electron chi connectivity index (χ0n) is 13.3. The zero-order chi connectivity index (χ0) is 15.1. The number of nitrogens with one attached hydrogen (secondary N) is 1. The van der Waals surface area contributed by atoms with Gasteiger partial charge in [0.15, 0.2) is 0 Å². The topological polar surface area (TPSA) is 36.1 Å². The molecule has 4 rings (SSSR count). The van der Waals surface area contributed by atoms with Gasteiger partial charge in [0.1, 0.15) is 0 Å². The lowest BCUT2D eigenvalue weighted by Gasteiger charge is -2.30. The highest BCUT2D eigenvalue weighted by molar-refractivity contribution is 5.99. The molecule has 2 heterocycles. The van der Waals surface area contributed by atoms with Gasteiger partial charge in [-0.15, -0.1) is 0 Å². The van der Waals surface area contributed by atoms with E-state index in [-0.39, 0.29) is 5.91 Å². The number of hydrogen-bond donors (Lipinski definition) is 1. The normalized spacial score (nSPS) is 19.4. The summed E-state index contributed by atoms with van der Waals surface area (Å²) in [5, 5.41) is 1.27. The maximum Gasteiger partial charge on any atom is 0.253 e. The fourth-order valence-corrected chi connectivity index (χ4v) is 3.93. The number of piperidine rings is 1. The lowest BCUT2D eigenvalue weighted by Crippen LogP contribution is -2.37. The number of benzene rings is 1. The van der Waals surface area contributed by atoms with Crippen LogP contribution in [0.15, 0.2) is 18.2 Å². The monoisotopic (exact) mass is 296 g/mol. The van der Waals surface area contributed by atoms with Crippen LogP contribution < -0.4 is 0 Å². The van der Waals surface area contributed by atoms with Gasteiger partial charge < -0.3 is 9.88 Å². The van der Waals surface area contributed by atoms with Crippen molar-refractivity contribution in [3.05, 3.63) is 35.0 Å². The van der Waals surface area contributed by atoms with Crippen LogP contribution in [0.2, 0.25) is 0 Å². The molecule has 1 saturated heterocycles. The van der Waals surface area contributed by atoms with Gasteiger partial charge in [0.25, 0.3) is 5.91 Å². The standard InChI is InChI=1S/C19H24N2O/c1-13-8-10-21(11-9-13)19(22)14-6-7-18-16(12-14)15-4-2-3-5-17(15)20-18/h6-7,12-13,20H,2-5,8-11H2,1H3. The highest BCUT2D eigenvalue weighted by atomic mass is 16.2. The number of fused-ring (bicyclic) bond motifs is 3. The van der Waals surface area contributed by atoms with E-state index >= 15 is 0 Å². The molecule has 2 aliphatic rings. The molecule has 0 unspecified atom stereocenters. The molecule has 1 fully saturated rings. The number of H-pyrrole nitrogens is 1. The van der Waals surface area contributed by atoms with Gasteiger partial charge in [-0.3, -0.25) is 4.79 Å². The molecule has 22 heavy (non-hydrogen) atoms. The molecule has 1 amide bonds. The Kier molecular flexibility index (Phi) is 3.44. The number of hydrogen-bond acceptors (Lipinski definition) is 1. The molecule has 116 valence electrons. The van der Waals surface area contributed by atoms with E-state index in [0.29, 0.717) is 0 Å². The highest BCUT2D eigenvalue weighted by Gasteiger charge is 2.22. The first-order valence-corrected chi connectivity index (χ1v) is 8.65. The van der Waals surface area contributed by atoms with E-state index in [1.807, 2.05) is 11.0 Å². The molecule has 0 radical (unpaired) electrons. The van der Waals surface area contributed by atoms with Gasteiger partial charge in [-0.25, -0.2) is 0 Å². The smallest absolute Gasteiger partial charge is 0.253 e. The molecular formula is C19H24N2O. The van der Waals surface area contributed by atoms with E-state index in [0.717, 1.165) is 50.3 Å². The molecule has 2 aromatic rings. The number of likely N-dealkylation sites (tertiary alicyclic amines) is 1. The van der Waals surface area contributed by atoms with Crippen LogP contribution in [0.3, 0.4) is 0 Å². The van der Waals surface area contributed by atoms with E-state index in [1.165, 1.54) is 35.0 Å². The molecule has 1 aliphatic carbocycles. The highest BCUT2D eigenvalue weighted by Crippen LogP contribution is 2.30. The summed E-state index contributed by atoms with van der Waals surface area (Å²) in [6.45, 7) is 4.09. The third-order valence-electron chi connectivity index (χ3n) is 5.42. The van der Waals surface area contributed by atoms with Gasteiger partial charge in [0.05, 0.1) is 0 Å². The largest absolute Gasteiger partial charge is 0.358 e. The van der Waals surface area contributed by atoms with Crippen molar-refractivity contribution in [2.24, 2.45) is 5.92 Å². The molecule has 1 N–H and O–H groups in total. The molecule has 1 aliphatic heterocycles. The Morgan fingerprint density at radius 3 is 2.77 bits per heavy atom. The van der Waals surface area contributed by atoms with Crippen LogP contribution in [0.1, 0.15) is 54.2 Å². The summed E-state index contributed by atoms with van der Waals surface area (Å²) < 4.78 is 0. The summed E-state index contributed by atoms with van der Waals surface area (Å²) in [6, 6.07) is 6.20. The quantitative estimate of drug-likeness (QED) is 0.850. The maximum atomic E-state index is 12.8.